The molecule has 3 rings (SSSR count). The van der Waals surface area contributed by atoms with Gasteiger partial charge in [-0.3, -0.25) is 10.1 Å². The Morgan fingerprint density at radius 2 is 1.92 bits per heavy atom. The van der Waals surface area contributed by atoms with E-state index in [2.05, 4.69) is 4.98 Å². The number of para-hydroxylation sites is 1. The van der Waals surface area contributed by atoms with Crippen LogP contribution in [0.25, 0.3) is 11.3 Å². The molecule has 2 aromatic carbocycles. The minimum atomic E-state index is -1.05. The molecular weight excluding hydrogens is 344 g/mol. The van der Waals surface area contributed by atoms with E-state index >= 15 is 0 Å². The Balaban J connectivity index is 1.72. The Hall–Kier alpha value is -3.26. The number of aromatic nitrogens is 1. The van der Waals surface area contributed by atoms with Gasteiger partial charge < -0.3 is 9.84 Å². The summed E-state index contributed by atoms with van der Waals surface area (Å²) in [4.78, 5) is 25.8. The van der Waals surface area contributed by atoms with E-state index in [1.807, 2.05) is 5.38 Å². The molecule has 7 nitrogen and oxygen atoms in total. The minimum absolute atomic E-state index is 0.0211. The van der Waals surface area contributed by atoms with Gasteiger partial charge in [-0.25, -0.2) is 9.78 Å². The number of nitro benzene ring substituents is 1. The minimum Gasteiger partial charge on any atom is -0.486 e. The highest BCUT2D eigenvalue weighted by Gasteiger charge is 2.12. The molecule has 0 amide bonds. The Morgan fingerprint density at radius 1 is 1.20 bits per heavy atom. The Labute approximate surface area is 146 Å². The van der Waals surface area contributed by atoms with Crippen LogP contribution in [0.15, 0.2) is 53.9 Å². The van der Waals surface area contributed by atoms with Crippen molar-refractivity contribution in [2.75, 3.05) is 0 Å². The van der Waals surface area contributed by atoms with Crippen molar-refractivity contribution in [3.8, 4) is 17.0 Å². The number of nitro groups is 1. The number of carboxylic acids is 1. The van der Waals surface area contributed by atoms with Crippen LogP contribution in [0.4, 0.5) is 5.69 Å². The van der Waals surface area contributed by atoms with Crippen molar-refractivity contribution in [1.82, 2.24) is 4.98 Å². The van der Waals surface area contributed by atoms with Crippen molar-refractivity contribution in [2.45, 2.75) is 6.61 Å². The molecule has 25 heavy (non-hydrogen) atoms. The molecule has 0 atom stereocenters. The number of aromatic carboxylic acids is 1. The molecule has 8 heteroatoms. The van der Waals surface area contributed by atoms with Crippen LogP contribution < -0.4 is 4.74 Å². The molecule has 0 radical (unpaired) electrons. The third kappa shape index (κ3) is 3.81. The summed E-state index contributed by atoms with van der Waals surface area (Å²) in [5.41, 5.74) is 1.56. The van der Waals surface area contributed by atoms with E-state index in [9.17, 15) is 14.9 Å². The summed E-state index contributed by atoms with van der Waals surface area (Å²) in [6.45, 7) is 0.141. The second kappa shape index (κ2) is 7.10. The number of carboxylic acid groups (broad SMARTS) is 1. The number of nitrogens with zero attached hydrogens (tertiary/aromatic N) is 2. The number of carbonyl (C=O) groups is 1. The molecule has 3 aromatic rings. The van der Waals surface area contributed by atoms with E-state index in [1.54, 1.807) is 30.3 Å². The van der Waals surface area contributed by atoms with Crippen molar-refractivity contribution >= 4 is 23.0 Å². The quantitative estimate of drug-likeness (QED) is 0.529. The van der Waals surface area contributed by atoms with Crippen molar-refractivity contribution in [3.05, 3.63) is 74.6 Å². The number of benzene rings is 2. The highest BCUT2D eigenvalue weighted by atomic mass is 32.1. The summed E-state index contributed by atoms with van der Waals surface area (Å²) in [7, 11) is 0. The number of rotatable bonds is 6. The highest BCUT2D eigenvalue weighted by molar-refractivity contribution is 7.09. The van der Waals surface area contributed by atoms with E-state index in [0.717, 1.165) is 5.56 Å². The summed E-state index contributed by atoms with van der Waals surface area (Å²) in [5.74, 6) is -0.775. The molecule has 0 bridgehead atoms. The average molecular weight is 356 g/mol. The van der Waals surface area contributed by atoms with Crippen LogP contribution in [0.5, 0.6) is 5.75 Å². The molecule has 1 heterocycles. The van der Waals surface area contributed by atoms with E-state index in [1.165, 1.54) is 29.5 Å². The van der Waals surface area contributed by atoms with Gasteiger partial charge in [0.15, 0.2) is 0 Å². The van der Waals surface area contributed by atoms with Gasteiger partial charge >= 0.3 is 5.97 Å². The van der Waals surface area contributed by atoms with Crippen LogP contribution in [-0.2, 0) is 6.61 Å². The van der Waals surface area contributed by atoms with Gasteiger partial charge in [0.1, 0.15) is 22.9 Å². The average Bonchev–Trinajstić information content (AvgIpc) is 3.09. The summed E-state index contributed by atoms with van der Waals surface area (Å²) in [5, 5.41) is 22.3. The smallest absolute Gasteiger partial charge is 0.339 e. The van der Waals surface area contributed by atoms with Crippen LogP contribution in [0.1, 0.15) is 15.4 Å². The van der Waals surface area contributed by atoms with Gasteiger partial charge in [-0.15, -0.1) is 11.3 Å². The Morgan fingerprint density at radius 3 is 2.60 bits per heavy atom. The molecule has 0 aliphatic heterocycles. The van der Waals surface area contributed by atoms with Crippen LogP contribution in [0.3, 0.4) is 0 Å². The highest BCUT2D eigenvalue weighted by Crippen LogP contribution is 2.25. The van der Waals surface area contributed by atoms with Gasteiger partial charge in [-0.1, -0.05) is 12.1 Å². The van der Waals surface area contributed by atoms with Crippen LogP contribution in [0.2, 0.25) is 0 Å². The molecule has 0 aliphatic carbocycles. The Kier molecular flexibility index (Phi) is 4.71. The number of thiazole rings is 1. The predicted octanol–water partition coefficient (Wildman–Crippen LogP) is 4.00. The maximum absolute atomic E-state index is 11.2. The largest absolute Gasteiger partial charge is 0.486 e. The fourth-order valence-corrected chi connectivity index (χ4v) is 2.89. The van der Waals surface area contributed by atoms with Crippen molar-refractivity contribution in [1.29, 1.82) is 0 Å². The van der Waals surface area contributed by atoms with Crippen molar-refractivity contribution in [2.24, 2.45) is 0 Å². The first-order chi connectivity index (χ1) is 12.0. The standard InChI is InChI=1S/C17H12N2O5S/c20-17(21)13-3-1-2-4-15(13)24-9-16-18-14(10-25-16)11-5-7-12(8-6-11)19(22)23/h1-8,10H,9H2,(H,20,21). The number of hydrogen-bond acceptors (Lipinski definition) is 6. The van der Waals surface area contributed by atoms with Gasteiger partial charge in [-0.05, 0) is 24.3 Å². The zero-order valence-corrected chi connectivity index (χ0v) is 13.6. The number of non-ortho nitro benzene ring substituents is 1. The molecule has 1 aromatic heterocycles. The number of hydrogen-bond donors (Lipinski definition) is 1. The molecule has 0 saturated heterocycles. The third-order valence-corrected chi connectivity index (χ3v) is 4.22. The van der Waals surface area contributed by atoms with Crippen molar-refractivity contribution in [3.63, 3.8) is 0 Å². The molecule has 126 valence electrons. The molecule has 1 N–H and O–H groups in total. The summed E-state index contributed by atoms with van der Waals surface area (Å²) >= 11 is 1.37. The zero-order chi connectivity index (χ0) is 17.8. The SMILES string of the molecule is O=C(O)c1ccccc1OCc1nc(-c2ccc([N+](=O)[O-])cc2)cs1. The summed E-state index contributed by atoms with van der Waals surface area (Å²) < 4.78 is 5.56. The lowest BCUT2D eigenvalue weighted by molar-refractivity contribution is -0.384. The first-order valence-electron chi connectivity index (χ1n) is 7.19. The van der Waals surface area contributed by atoms with Gasteiger partial charge in [0.05, 0.1) is 10.6 Å². The van der Waals surface area contributed by atoms with E-state index in [0.29, 0.717) is 10.7 Å². The van der Waals surface area contributed by atoms with Crippen molar-refractivity contribution < 1.29 is 19.6 Å². The Bertz CT molecular complexity index is 921. The first-order valence-corrected chi connectivity index (χ1v) is 8.07. The lowest BCUT2D eigenvalue weighted by Crippen LogP contribution is -2.03. The topological polar surface area (TPSA) is 103 Å². The maximum Gasteiger partial charge on any atom is 0.339 e. The van der Waals surface area contributed by atoms with Gasteiger partial charge in [0.25, 0.3) is 5.69 Å². The monoisotopic (exact) mass is 356 g/mol. The normalized spacial score (nSPS) is 10.4. The fourth-order valence-electron chi connectivity index (χ4n) is 2.17. The molecule has 0 unspecified atom stereocenters. The fraction of sp³-hybridized carbons (Fsp3) is 0.0588. The van der Waals surface area contributed by atoms with E-state index in [4.69, 9.17) is 9.84 Å². The van der Waals surface area contributed by atoms with Crippen LogP contribution in [0, 0.1) is 10.1 Å². The maximum atomic E-state index is 11.2. The van der Waals surface area contributed by atoms with Crippen LogP contribution in [-0.4, -0.2) is 21.0 Å². The van der Waals surface area contributed by atoms with E-state index in [-0.39, 0.29) is 23.6 Å². The zero-order valence-electron chi connectivity index (χ0n) is 12.8. The summed E-state index contributed by atoms with van der Waals surface area (Å²) in [6.07, 6.45) is 0. The second-order valence-electron chi connectivity index (χ2n) is 5.02. The lowest BCUT2D eigenvalue weighted by atomic mass is 10.1. The van der Waals surface area contributed by atoms with Gasteiger partial charge in [0.2, 0.25) is 0 Å². The summed E-state index contributed by atoms with van der Waals surface area (Å²) in [6, 6.07) is 12.5. The second-order valence-corrected chi connectivity index (χ2v) is 5.96. The van der Waals surface area contributed by atoms with Gasteiger partial charge in [-0.2, -0.15) is 0 Å². The number of ether oxygens (including phenoxy) is 1. The van der Waals surface area contributed by atoms with E-state index < -0.39 is 10.9 Å². The first kappa shape index (κ1) is 16.6. The molecule has 0 spiro atoms. The van der Waals surface area contributed by atoms with Crippen LogP contribution >= 0.6 is 11.3 Å². The molecule has 0 saturated carbocycles. The molecular formula is C17H12N2O5S. The third-order valence-electron chi connectivity index (χ3n) is 3.39. The predicted molar refractivity (Wildman–Crippen MR) is 91.9 cm³/mol. The molecule has 0 aliphatic rings. The van der Waals surface area contributed by atoms with Gasteiger partial charge in [0, 0.05) is 23.1 Å². The molecule has 0 fully saturated rings. The lowest BCUT2D eigenvalue weighted by Gasteiger charge is -2.06.